The second-order valence-electron chi connectivity index (χ2n) is 14.2. The first-order valence-corrected chi connectivity index (χ1v) is 18.3. The lowest BCUT2D eigenvalue weighted by Crippen LogP contribution is -2.25. The second kappa shape index (κ2) is 11.3. The van der Waals surface area contributed by atoms with Crippen molar-refractivity contribution in [2.75, 3.05) is 5.32 Å². The molecule has 2 heterocycles. The summed E-state index contributed by atoms with van der Waals surface area (Å²) in [6, 6.07) is 47.6. The summed E-state index contributed by atoms with van der Waals surface area (Å²) in [5.41, 5.74) is 12.0. The maximum absolute atomic E-state index is 5.10. The van der Waals surface area contributed by atoms with E-state index in [4.69, 9.17) is 9.97 Å². The van der Waals surface area contributed by atoms with E-state index in [2.05, 4.69) is 153 Å². The Morgan fingerprint density at radius 3 is 2.12 bits per heavy atom. The minimum atomic E-state index is 0.0179. The summed E-state index contributed by atoms with van der Waals surface area (Å²) in [6.07, 6.45) is 6.11. The molecule has 10 rings (SSSR count). The van der Waals surface area contributed by atoms with Crippen LogP contribution in [0.3, 0.4) is 0 Å². The van der Waals surface area contributed by atoms with Crippen LogP contribution >= 0.6 is 11.8 Å². The van der Waals surface area contributed by atoms with Gasteiger partial charge in [-0.1, -0.05) is 153 Å². The third-order valence-corrected chi connectivity index (χ3v) is 12.2. The quantitative estimate of drug-likeness (QED) is 0.191. The highest BCUT2D eigenvalue weighted by atomic mass is 32.2. The van der Waals surface area contributed by atoms with Crippen molar-refractivity contribution in [2.45, 2.75) is 36.0 Å². The summed E-state index contributed by atoms with van der Waals surface area (Å²) in [5.74, 6) is 1.14. The molecule has 1 N–H and O–H groups in total. The third-order valence-electron chi connectivity index (χ3n) is 10.8. The van der Waals surface area contributed by atoms with Crippen molar-refractivity contribution in [1.29, 1.82) is 0 Å². The number of fused-ring (bicyclic) bond motifs is 8. The molecule has 0 saturated carbocycles. The van der Waals surface area contributed by atoms with Gasteiger partial charge >= 0.3 is 0 Å². The van der Waals surface area contributed by atoms with Crippen molar-refractivity contribution in [3.05, 3.63) is 162 Å². The van der Waals surface area contributed by atoms with Crippen LogP contribution in [0.1, 0.15) is 31.4 Å². The number of hydrogen-bond donors (Lipinski definition) is 1. The summed E-state index contributed by atoms with van der Waals surface area (Å²) < 4.78 is 0. The standard InChI is InChI=1S/C46H35N3S/c1-46(2)37-16-10-9-15-35(37)36-23-20-33(26-38(36)46)45-49-43-41(50-45)24-21-30-17-18-31-25-32(19-22-34(31)42(30)43)44-47-39(28-11-5-3-6-12-28)27-40(48-44)29-13-7-4-8-14-29/h3-19,21-27,33,45,49H,20H2,1-2H3. The number of allylic oxidation sites excluding steroid dienone is 3. The lowest BCUT2D eigenvalue weighted by atomic mass is 9.78. The first-order chi connectivity index (χ1) is 24.5. The zero-order valence-corrected chi connectivity index (χ0v) is 28.8. The fraction of sp³-hybridized carbons (Fsp3) is 0.130. The zero-order valence-electron chi connectivity index (χ0n) is 28.0. The van der Waals surface area contributed by atoms with Gasteiger partial charge in [0.2, 0.25) is 0 Å². The van der Waals surface area contributed by atoms with Crippen LogP contribution in [-0.2, 0) is 5.41 Å². The minimum absolute atomic E-state index is 0.0179. The van der Waals surface area contributed by atoms with Gasteiger partial charge in [0.15, 0.2) is 5.82 Å². The number of nitrogens with one attached hydrogen (secondary N) is 1. The molecule has 6 aromatic carbocycles. The van der Waals surface area contributed by atoms with Gasteiger partial charge in [0.05, 0.1) is 22.4 Å². The molecule has 1 aromatic heterocycles. The Hall–Kier alpha value is -5.45. The van der Waals surface area contributed by atoms with Crippen LogP contribution in [0.25, 0.3) is 61.0 Å². The van der Waals surface area contributed by atoms with Gasteiger partial charge in [-0.2, -0.15) is 0 Å². The molecule has 0 fully saturated rings. The van der Waals surface area contributed by atoms with Crippen molar-refractivity contribution in [3.8, 4) is 33.9 Å². The Bertz CT molecular complexity index is 2490. The third kappa shape index (κ3) is 4.66. The average molecular weight is 662 g/mol. The Morgan fingerprint density at radius 2 is 1.36 bits per heavy atom. The summed E-state index contributed by atoms with van der Waals surface area (Å²) in [4.78, 5) is 11.5. The summed E-state index contributed by atoms with van der Waals surface area (Å²) in [7, 11) is 0. The number of benzene rings is 6. The lowest BCUT2D eigenvalue weighted by molar-refractivity contribution is 0.611. The molecule has 3 aliphatic rings. The molecule has 2 unspecified atom stereocenters. The number of thioether (sulfide) groups is 1. The largest absolute Gasteiger partial charge is 0.371 e. The van der Waals surface area contributed by atoms with Gasteiger partial charge in [-0.3, -0.25) is 0 Å². The molecule has 0 spiro atoms. The SMILES string of the molecule is CC1(C)C2=CC(C3Nc4c(ccc5ccc6cc(-c7nc(-c8ccccc8)cc(-c8ccccc8)n7)ccc6c45)S3)CC=C2c2ccccc21. The smallest absolute Gasteiger partial charge is 0.160 e. The molecule has 240 valence electrons. The number of hydrogen-bond acceptors (Lipinski definition) is 4. The van der Waals surface area contributed by atoms with Crippen LogP contribution < -0.4 is 5.32 Å². The molecule has 50 heavy (non-hydrogen) atoms. The molecule has 7 aromatic rings. The highest BCUT2D eigenvalue weighted by Crippen LogP contribution is 2.54. The van der Waals surface area contributed by atoms with Crippen LogP contribution in [0.4, 0.5) is 5.69 Å². The van der Waals surface area contributed by atoms with E-state index >= 15 is 0 Å². The first-order valence-electron chi connectivity index (χ1n) is 17.5. The van der Waals surface area contributed by atoms with Crippen LogP contribution in [0.5, 0.6) is 0 Å². The predicted octanol–water partition coefficient (Wildman–Crippen LogP) is 11.9. The maximum Gasteiger partial charge on any atom is 0.160 e. The van der Waals surface area contributed by atoms with Gasteiger partial charge < -0.3 is 5.32 Å². The molecule has 0 radical (unpaired) electrons. The maximum atomic E-state index is 5.10. The number of aromatic nitrogens is 2. The molecule has 4 heteroatoms. The Morgan fingerprint density at radius 1 is 0.680 bits per heavy atom. The van der Waals surface area contributed by atoms with Crippen LogP contribution in [0.15, 0.2) is 156 Å². The molecule has 2 atom stereocenters. The number of nitrogens with zero attached hydrogens (tertiary/aromatic N) is 2. The topological polar surface area (TPSA) is 37.8 Å². The normalized spacial score (nSPS) is 18.6. The first kappa shape index (κ1) is 29.5. The van der Waals surface area contributed by atoms with Gasteiger partial charge in [0.1, 0.15) is 0 Å². The molecular formula is C46H35N3S. The molecule has 0 bridgehead atoms. The Labute approximate surface area is 296 Å². The van der Waals surface area contributed by atoms with Crippen LogP contribution in [0.2, 0.25) is 0 Å². The number of anilines is 1. The lowest BCUT2D eigenvalue weighted by Gasteiger charge is -2.29. The van der Waals surface area contributed by atoms with E-state index in [9.17, 15) is 0 Å². The fourth-order valence-corrected chi connectivity index (χ4v) is 9.51. The van der Waals surface area contributed by atoms with Crippen molar-refractivity contribution in [2.24, 2.45) is 5.92 Å². The minimum Gasteiger partial charge on any atom is -0.371 e. The molecule has 0 saturated heterocycles. The van der Waals surface area contributed by atoms with E-state index in [-0.39, 0.29) is 10.8 Å². The molecule has 0 amide bonds. The Kier molecular flexibility index (Phi) is 6.66. The molecular weight excluding hydrogens is 627 g/mol. The van der Waals surface area contributed by atoms with E-state index in [1.165, 1.54) is 54.4 Å². The van der Waals surface area contributed by atoms with E-state index in [1.54, 1.807) is 0 Å². The van der Waals surface area contributed by atoms with Crippen LogP contribution in [0, 0.1) is 5.92 Å². The monoisotopic (exact) mass is 661 g/mol. The van der Waals surface area contributed by atoms with E-state index in [1.807, 2.05) is 23.9 Å². The van der Waals surface area contributed by atoms with Crippen molar-refractivity contribution >= 4 is 44.6 Å². The van der Waals surface area contributed by atoms with E-state index in [0.717, 1.165) is 40.3 Å². The van der Waals surface area contributed by atoms with Crippen LogP contribution in [-0.4, -0.2) is 15.3 Å². The summed E-state index contributed by atoms with van der Waals surface area (Å²) >= 11 is 1.98. The summed E-state index contributed by atoms with van der Waals surface area (Å²) in [5, 5.41) is 9.28. The van der Waals surface area contributed by atoms with Gasteiger partial charge in [-0.05, 0) is 63.1 Å². The highest BCUT2D eigenvalue weighted by Gasteiger charge is 2.41. The average Bonchev–Trinajstić information content (AvgIpc) is 3.71. The van der Waals surface area contributed by atoms with Crippen molar-refractivity contribution in [3.63, 3.8) is 0 Å². The van der Waals surface area contributed by atoms with Gasteiger partial charge in [0, 0.05) is 38.3 Å². The Balaban J connectivity index is 1.03. The predicted molar refractivity (Wildman–Crippen MR) is 210 cm³/mol. The second-order valence-corrected chi connectivity index (χ2v) is 15.4. The van der Waals surface area contributed by atoms with Gasteiger partial charge in [-0.15, -0.1) is 0 Å². The van der Waals surface area contributed by atoms with Gasteiger partial charge in [0.25, 0.3) is 0 Å². The summed E-state index contributed by atoms with van der Waals surface area (Å²) in [6.45, 7) is 4.76. The molecule has 1 aliphatic heterocycles. The zero-order chi connectivity index (χ0) is 33.4. The highest BCUT2D eigenvalue weighted by molar-refractivity contribution is 8.00. The van der Waals surface area contributed by atoms with Gasteiger partial charge in [-0.25, -0.2) is 9.97 Å². The van der Waals surface area contributed by atoms with E-state index in [0.29, 0.717) is 5.92 Å². The molecule has 2 aliphatic carbocycles. The fourth-order valence-electron chi connectivity index (χ4n) is 8.26. The molecule has 3 nitrogen and oxygen atoms in total. The van der Waals surface area contributed by atoms with Crippen molar-refractivity contribution in [1.82, 2.24) is 9.97 Å². The number of rotatable bonds is 4. The van der Waals surface area contributed by atoms with Crippen molar-refractivity contribution < 1.29 is 0 Å². The van der Waals surface area contributed by atoms with E-state index < -0.39 is 0 Å².